The minimum absolute atomic E-state index is 0.0168. The van der Waals surface area contributed by atoms with Crippen molar-refractivity contribution in [1.29, 1.82) is 0 Å². The van der Waals surface area contributed by atoms with Crippen LogP contribution in [0.15, 0.2) is 24.3 Å². The van der Waals surface area contributed by atoms with E-state index in [9.17, 15) is 9.59 Å². The van der Waals surface area contributed by atoms with Gasteiger partial charge in [-0.3, -0.25) is 9.59 Å². The molecule has 0 spiro atoms. The highest BCUT2D eigenvalue weighted by Gasteiger charge is 2.15. The number of para-hydroxylation sites is 1. The maximum absolute atomic E-state index is 12.0. The average Bonchev–Trinajstić information content (AvgIpc) is 2.64. The minimum Gasteiger partial charge on any atom is -0.378 e. The molecule has 0 radical (unpaired) electrons. The molecule has 1 saturated heterocycles. The van der Waals surface area contributed by atoms with Crippen LogP contribution in [-0.4, -0.2) is 44.7 Å². The molecule has 1 fully saturated rings. The summed E-state index contributed by atoms with van der Waals surface area (Å²) in [7, 11) is 0. The number of nitrogens with one attached hydrogen (secondary N) is 2. The van der Waals surface area contributed by atoms with Crippen molar-refractivity contribution in [1.82, 2.24) is 10.6 Å². The zero-order valence-electron chi connectivity index (χ0n) is 14.5. The van der Waals surface area contributed by atoms with Crippen LogP contribution in [0, 0.1) is 5.92 Å². The van der Waals surface area contributed by atoms with E-state index in [0.29, 0.717) is 6.54 Å². The molecule has 132 valence electrons. The summed E-state index contributed by atoms with van der Waals surface area (Å²) in [6.45, 7) is 7.43. The van der Waals surface area contributed by atoms with Gasteiger partial charge < -0.3 is 20.3 Å². The molecule has 0 aromatic heterocycles. The lowest BCUT2D eigenvalue weighted by Crippen LogP contribution is -2.39. The molecule has 1 aliphatic heterocycles. The molecule has 0 unspecified atom stereocenters. The van der Waals surface area contributed by atoms with E-state index in [4.69, 9.17) is 4.74 Å². The second-order valence-corrected chi connectivity index (χ2v) is 6.03. The van der Waals surface area contributed by atoms with E-state index >= 15 is 0 Å². The van der Waals surface area contributed by atoms with E-state index in [-0.39, 0.29) is 24.3 Å². The monoisotopic (exact) mass is 333 g/mol. The lowest BCUT2D eigenvalue weighted by Gasteiger charge is -2.30. The quantitative estimate of drug-likeness (QED) is 0.789. The largest absolute Gasteiger partial charge is 0.378 e. The first-order valence-corrected chi connectivity index (χ1v) is 8.56. The lowest BCUT2D eigenvalue weighted by atomic mass is 10.1. The van der Waals surface area contributed by atoms with Gasteiger partial charge in [-0.2, -0.15) is 0 Å². The molecule has 1 aliphatic rings. The van der Waals surface area contributed by atoms with Crippen LogP contribution in [0.4, 0.5) is 5.69 Å². The fourth-order valence-electron chi connectivity index (χ4n) is 2.56. The summed E-state index contributed by atoms with van der Waals surface area (Å²) in [6, 6.07) is 8.05. The van der Waals surface area contributed by atoms with Crippen molar-refractivity contribution in [3.63, 3.8) is 0 Å². The number of hydrogen-bond donors (Lipinski definition) is 2. The van der Waals surface area contributed by atoms with Gasteiger partial charge in [0.25, 0.3) is 0 Å². The first-order valence-electron chi connectivity index (χ1n) is 8.56. The fraction of sp³-hybridized carbons (Fsp3) is 0.556. The van der Waals surface area contributed by atoms with Crippen molar-refractivity contribution >= 4 is 17.5 Å². The molecular weight excluding hydrogens is 306 g/mol. The van der Waals surface area contributed by atoms with Crippen molar-refractivity contribution < 1.29 is 14.3 Å². The predicted octanol–water partition coefficient (Wildman–Crippen LogP) is 1.30. The number of hydrogen-bond acceptors (Lipinski definition) is 4. The second kappa shape index (κ2) is 9.27. The van der Waals surface area contributed by atoms with Gasteiger partial charge in [0.05, 0.1) is 19.8 Å². The van der Waals surface area contributed by atoms with Gasteiger partial charge in [0.2, 0.25) is 11.8 Å². The van der Waals surface area contributed by atoms with E-state index in [1.54, 1.807) is 0 Å². The number of carbonyl (C=O) groups is 2. The van der Waals surface area contributed by atoms with Gasteiger partial charge in [0.1, 0.15) is 0 Å². The molecule has 2 amide bonds. The van der Waals surface area contributed by atoms with Crippen LogP contribution < -0.4 is 15.5 Å². The van der Waals surface area contributed by atoms with Gasteiger partial charge in [-0.15, -0.1) is 0 Å². The molecule has 2 N–H and O–H groups in total. The number of rotatable bonds is 7. The normalized spacial score (nSPS) is 15.7. The smallest absolute Gasteiger partial charge is 0.239 e. The molecule has 1 aromatic rings. The standard InChI is InChI=1S/C18H27N3O3/c1-3-14(2)18(23)20-13-17(22)19-12-15-6-4-5-7-16(15)21-8-10-24-11-9-21/h4-7,14H,3,8-13H2,1-2H3,(H,19,22)(H,20,23)/t14-/m0/s1. The molecule has 1 aromatic carbocycles. The third kappa shape index (κ3) is 5.23. The number of ether oxygens (including phenoxy) is 1. The highest BCUT2D eigenvalue weighted by molar-refractivity contribution is 5.85. The summed E-state index contributed by atoms with van der Waals surface area (Å²) in [5, 5.41) is 5.55. The predicted molar refractivity (Wildman–Crippen MR) is 93.8 cm³/mol. The summed E-state index contributed by atoms with van der Waals surface area (Å²) < 4.78 is 5.39. The van der Waals surface area contributed by atoms with Gasteiger partial charge in [-0.25, -0.2) is 0 Å². The van der Waals surface area contributed by atoms with Gasteiger partial charge in [-0.05, 0) is 18.1 Å². The summed E-state index contributed by atoms with van der Waals surface area (Å²) in [5.41, 5.74) is 2.20. The second-order valence-electron chi connectivity index (χ2n) is 6.03. The third-order valence-electron chi connectivity index (χ3n) is 4.30. The Labute approximate surface area is 143 Å². The van der Waals surface area contributed by atoms with E-state index < -0.39 is 0 Å². The van der Waals surface area contributed by atoms with Crippen LogP contribution >= 0.6 is 0 Å². The van der Waals surface area contributed by atoms with E-state index in [1.165, 1.54) is 0 Å². The van der Waals surface area contributed by atoms with E-state index in [2.05, 4.69) is 21.6 Å². The van der Waals surface area contributed by atoms with Gasteiger partial charge in [0, 0.05) is 31.2 Å². The van der Waals surface area contributed by atoms with Crippen molar-refractivity contribution in [3.05, 3.63) is 29.8 Å². The van der Waals surface area contributed by atoms with Crippen LogP contribution in [0.5, 0.6) is 0 Å². The molecule has 24 heavy (non-hydrogen) atoms. The maximum Gasteiger partial charge on any atom is 0.239 e. The maximum atomic E-state index is 12.0. The number of amides is 2. The van der Waals surface area contributed by atoms with Crippen molar-refractivity contribution in [2.45, 2.75) is 26.8 Å². The Morgan fingerprint density at radius 1 is 1.21 bits per heavy atom. The molecule has 1 atom stereocenters. The van der Waals surface area contributed by atoms with Gasteiger partial charge >= 0.3 is 0 Å². The van der Waals surface area contributed by atoms with Crippen LogP contribution in [0.3, 0.4) is 0 Å². The topological polar surface area (TPSA) is 70.7 Å². The highest BCUT2D eigenvalue weighted by Crippen LogP contribution is 2.21. The summed E-state index contributed by atoms with van der Waals surface area (Å²) in [5.74, 6) is -0.329. The molecular formula is C18H27N3O3. The first-order chi connectivity index (χ1) is 11.6. The Morgan fingerprint density at radius 2 is 1.92 bits per heavy atom. The van der Waals surface area contributed by atoms with Crippen molar-refractivity contribution in [2.75, 3.05) is 37.7 Å². The third-order valence-corrected chi connectivity index (χ3v) is 4.30. The number of carbonyl (C=O) groups excluding carboxylic acids is 2. The fourth-order valence-corrected chi connectivity index (χ4v) is 2.56. The minimum atomic E-state index is -0.177. The number of morpholine rings is 1. The van der Waals surface area contributed by atoms with Gasteiger partial charge in [-0.1, -0.05) is 32.0 Å². The lowest BCUT2D eigenvalue weighted by molar-refractivity contribution is -0.128. The molecule has 2 rings (SSSR count). The molecule has 0 bridgehead atoms. The first kappa shape index (κ1) is 18.3. The Hall–Kier alpha value is -2.08. The number of anilines is 1. The number of benzene rings is 1. The zero-order valence-corrected chi connectivity index (χ0v) is 14.5. The number of nitrogens with zero attached hydrogens (tertiary/aromatic N) is 1. The summed E-state index contributed by atoms with van der Waals surface area (Å²) in [4.78, 5) is 25.9. The molecule has 0 aliphatic carbocycles. The van der Waals surface area contributed by atoms with E-state index in [0.717, 1.165) is 44.0 Å². The zero-order chi connectivity index (χ0) is 17.4. The Bertz CT molecular complexity index is 556. The SMILES string of the molecule is CC[C@H](C)C(=O)NCC(=O)NCc1ccccc1N1CCOCC1. The van der Waals surface area contributed by atoms with Crippen LogP contribution in [0.1, 0.15) is 25.8 Å². The molecule has 1 heterocycles. The molecule has 6 heteroatoms. The molecule has 6 nitrogen and oxygen atoms in total. The summed E-state index contributed by atoms with van der Waals surface area (Å²) >= 11 is 0. The van der Waals surface area contributed by atoms with Crippen LogP contribution in [-0.2, 0) is 20.9 Å². The Morgan fingerprint density at radius 3 is 2.62 bits per heavy atom. The highest BCUT2D eigenvalue weighted by atomic mass is 16.5. The summed E-state index contributed by atoms with van der Waals surface area (Å²) in [6.07, 6.45) is 0.764. The van der Waals surface area contributed by atoms with Crippen LogP contribution in [0.25, 0.3) is 0 Å². The van der Waals surface area contributed by atoms with Crippen LogP contribution in [0.2, 0.25) is 0 Å². The van der Waals surface area contributed by atoms with E-state index in [1.807, 2.05) is 32.0 Å². The van der Waals surface area contributed by atoms with Crippen molar-refractivity contribution in [2.24, 2.45) is 5.92 Å². The Balaban J connectivity index is 1.85. The average molecular weight is 333 g/mol. The van der Waals surface area contributed by atoms with Gasteiger partial charge in [0.15, 0.2) is 0 Å². The van der Waals surface area contributed by atoms with Crippen molar-refractivity contribution in [3.8, 4) is 0 Å². The Kier molecular flexibility index (Phi) is 7.06. The molecule has 0 saturated carbocycles.